The van der Waals surface area contributed by atoms with Crippen LogP contribution in [0.5, 0.6) is 17.5 Å². The third-order valence-electron chi connectivity index (χ3n) is 6.04. The minimum Gasteiger partial charge on any atom is -0.491 e. The van der Waals surface area contributed by atoms with Gasteiger partial charge in [-0.1, -0.05) is 64.1 Å². The molecule has 26 heteroatoms. The highest BCUT2D eigenvalue weighted by Gasteiger charge is 2.40. The number of nitrogens with zero attached hydrogens (tertiary/aromatic N) is 7. The predicted octanol–water partition coefficient (Wildman–Crippen LogP) is 6.70. The Bertz CT molecular complexity index is 2180. The van der Waals surface area contributed by atoms with Gasteiger partial charge in [0.2, 0.25) is 9.44 Å². The molecule has 5 aromatic rings. The molecule has 0 amide bonds. The number of carbonyl (C=O) groups is 1. The van der Waals surface area contributed by atoms with Gasteiger partial charge in [0.25, 0.3) is 28.2 Å². The number of carboxylic acid groups (broad SMARTS) is 1. The molecule has 0 fully saturated rings. The molecule has 280 valence electrons. The average molecular weight is 859 g/mol. The number of sulfonamides is 1. The Morgan fingerprint density at radius 1 is 1.02 bits per heavy atom. The smallest absolute Gasteiger partial charge is 0.417 e. The fourth-order valence-electron chi connectivity index (χ4n) is 4.02. The molecule has 0 radical (unpaired) electrons. The monoisotopic (exact) mass is 856 g/mol. The topological polar surface area (TPSA) is 185 Å². The SMILES string of the molecule is COc1cnc(OC)n2nc(NS(=O)(=O)c3c(OCC(F)F)cccc3C(F)(F)F)nc12.O=C(O)c1nc(C(Cl)(Cl)Cl)n(-c2ccc(Cl)cc2Cl)n1. The summed E-state index contributed by atoms with van der Waals surface area (Å²) >= 11 is 29.1. The van der Waals surface area contributed by atoms with Crippen molar-refractivity contribution in [1.82, 2.24) is 34.3 Å². The van der Waals surface area contributed by atoms with Gasteiger partial charge in [-0.2, -0.15) is 27.7 Å². The normalized spacial score (nSPS) is 12.0. The summed E-state index contributed by atoms with van der Waals surface area (Å²) in [5, 5.41) is 17.1. The number of methoxy groups -OCH3 is 2. The zero-order chi connectivity index (χ0) is 38.8. The summed E-state index contributed by atoms with van der Waals surface area (Å²) in [7, 11) is -2.56. The predicted molar refractivity (Wildman–Crippen MR) is 175 cm³/mol. The summed E-state index contributed by atoms with van der Waals surface area (Å²) in [6.45, 7) is -1.32. The minimum absolute atomic E-state index is 0.0559. The number of nitrogens with one attached hydrogen (secondary N) is 1. The summed E-state index contributed by atoms with van der Waals surface area (Å²) in [6.07, 6.45) is -6.99. The zero-order valence-corrected chi connectivity index (χ0v) is 30.1. The Hall–Kier alpha value is -4.15. The van der Waals surface area contributed by atoms with Gasteiger partial charge in [-0.3, -0.25) is 0 Å². The first kappa shape index (κ1) is 40.6. The Balaban J connectivity index is 0.000000259. The van der Waals surface area contributed by atoms with Gasteiger partial charge in [0.05, 0.1) is 36.7 Å². The summed E-state index contributed by atoms with van der Waals surface area (Å²) < 4.78 is 108. The molecule has 2 aromatic carbocycles. The maximum absolute atomic E-state index is 13.5. The number of benzene rings is 2. The first-order valence-electron chi connectivity index (χ1n) is 13.4. The zero-order valence-electron chi connectivity index (χ0n) is 25.5. The molecular weight excluding hydrogens is 841 g/mol. The van der Waals surface area contributed by atoms with Crippen LogP contribution in [0.4, 0.5) is 27.9 Å². The fourth-order valence-corrected chi connectivity index (χ4v) is 6.17. The van der Waals surface area contributed by atoms with E-state index in [1.165, 1.54) is 38.6 Å². The number of aromatic carboxylic acids is 1. The van der Waals surface area contributed by atoms with Gasteiger partial charge < -0.3 is 19.3 Å². The number of alkyl halides is 8. The van der Waals surface area contributed by atoms with E-state index in [0.717, 1.165) is 21.3 Å². The molecule has 0 spiro atoms. The number of hydrogen-bond donors (Lipinski definition) is 2. The lowest BCUT2D eigenvalue weighted by molar-refractivity contribution is -0.140. The highest BCUT2D eigenvalue weighted by molar-refractivity contribution is 7.92. The van der Waals surface area contributed by atoms with Gasteiger partial charge in [0.15, 0.2) is 11.6 Å². The van der Waals surface area contributed by atoms with Gasteiger partial charge in [0, 0.05) is 5.02 Å². The molecule has 0 saturated carbocycles. The molecule has 0 saturated heterocycles. The third-order valence-corrected chi connectivity index (χ3v) is 8.49. The van der Waals surface area contributed by atoms with Crippen molar-refractivity contribution in [1.29, 1.82) is 0 Å². The van der Waals surface area contributed by atoms with E-state index >= 15 is 0 Å². The van der Waals surface area contributed by atoms with Crippen LogP contribution in [0.1, 0.15) is 22.0 Å². The number of carboxylic acids is 1. The molecule has 0 unspecified atom stereocenters. The van der Waals surface area contributed by atoms with Crippen molar-refractivity contribution in [3.8, 4) is 23.2 Å². The van der Waals surface area contributed by atoms with E-state index in [1.807, 2.05) is 0 Å². The maximum atomic E-state index is 13.5. The van der Waals surface area contributed by atoms with E-state index in [4.69, 9.17) is 72.6 Å². The lowest BCUT2D eigenvalue weighted by Crippen LogP contribution is -2.21. The highest BCUT2D eigenvalue weighted by atomic mass is 35.6. The second-order valence-electron chi connectivity index (χ2n) is 9.49. The number of hydrogen-bond acceptors (Lipinski definition) is 11. The van der Waals surface area contributed by atoms with Crippen LogP contribution in [0.15, 0.2) is 47.5 Å². The van der Waals surface area contributed by atoms with Gasteiger partial charge in [-0.15, -0.1) is 10.2 Å². The van der Waals surface area contributed by atoms with E-state index in [1.54, 1.807) is 4.72 Å². The number of halogens is 10. The quantitative estimate of drug-likeness (QED) is 0.112. The first-order chi connectivity index (χ1) is 24.2. The van der Waals surface area contributed by atoms with Gasteiger partial charge in [-0.05, 0) is 30.3 Å². The summed E-state index contributed by atoms with van der Waals surface area (Å²) in [4.78, 5) is 21.0. The van der Waals surface area contributed by atoms with Crippen molar-refractivity contribution in [2.45, 2.75) is 21.3 Å². The molecule has 5 rings (SSSR count). The Kier molecular flexibility index (Phi) is 12.4. The van der Waals surface area contributed by atoms with Crippen LogP contribution < -0.4 is 18.9 Å². The van der Waals surface area contributed by atoms with Crippen LogP contribution in [0.3, 0.4) is 0 Å². The summed E-state index contributed by atoms with van der Waals surface area (Å²) in [5.74, 6) is -3.59. The van der Waals surface area contributed by atoms with Gasteiger partial charge in [0.1, 0.15) is 17.3 Å². The summed E-state index contributed by atoms with van der Waals surface area (Å²) in [6, 6.07) is 6.47. The van der Waals surface area contributed by atoms with Crippen molar-refractivity contribution >= 4 is 85.6 Å². The molecule has 2 N–H and O–H groups in total. The lowest BCUT2D eigenvalue weighted by atomic mass is 10.2. The number of anilines is 1. The van der Waals surface area contributed by atoms with Gasteiger partial charge in [-0.25, -0.2) is 36.4 Å². The molecule has 3 heterocycles. The molecular formula is C26H18Cl5F5N8O7S. The van der Waals surface area contributed by atoms with Crippen molar-refractivity contribution in [2.24, 2.45) is 0 Å². The average Bonchev–Trinajstić information content (AvgIpc) is 3.68. The van der Waals surface area contributed by atoms with Crippen molar-refractivity contribution in [2.75, 3.05) is 25.5 Å². The summed E-state index contributed by atoms with van der Waals surface area (Å²) in [5.41, 5.74) is -1.40. The standard InChI is InChI=1S/C16H14F5N5O5S.C10H4Cl5N3O2/c1-29-10-6-22-15(30-2)26-13(10)23-14(24-26)25-32(27,28)12-8(16(19,20)21)4-3-5-9(12)31-7-11(17)18;11-4-1-2-6(5(12)3-4)18-9(10(13,14)15)16-7(17-18)8(19)20/h3-6,11H,7H2,1-2H3,(H,24,25);1-3H,(H,19,20). The van der Waals surface area contributed by atoms with E-state index in [9.17, 15) is 35.2 Å². The molecule has 52 heavy (non-hydrogen) atoms. The first-order valence-corrected chi connectivity index (χ1v) is 16.8. The van der Waals surface area contributed by atoms with Crippen molar-refractivity contribution in [3.05, 3.63) is 69.9 Å². The van der Waals surface area contributed by atoms with E-state index in [0.29, 0.717) is 11.1 Å². The van der Waals surface area contributed by atoms with Crippen LogP contribution in [-0.2, 0) is 20.0 Å². The molecule has 3 aromatic heterocycles. The van der Waals surface area contributed by atoms with Crippen LogP contribution in [0.25, 0.3) is 11.3 Å². The number of aromatic nitrogens is 7. The number of ether oxygens (including phenoxy) is 3. The Labute approximate surface area is 313 Å². The minimum atomic E-state index is -5.14. The fraction of sp³-hybridized carbons (Fsp3) is 0.231. The Morgan fingerprint density at radius 2 is 1.71 bits per heavy atom. The molecule has 0 bridgehead atoms. The van der Waals surface area contributed by atoms with Crippen LogP contribution in [0, 0.1) is 0 Å². The molecule has 0 aliphatic heterocycles. The second-order valence-corrected chi connectivity index (χ2v) is 14.2. The maximum Gasteiger partial charge on any atom is 0.417 e. The van der Waals surface area contributed by atoms with Crippen LogP contribution in [-0.4, -0.2) is 81.1 Å². The van der Waals surface area contributed by atoms with E-state index < -0.39 is 67.0 Å². The van der Waals surface area contributed by atoms with E-state index in [-0.39, 0.29) is 33.9 Å². The van der Waals surface area contributed by atoms with Crippen LogP contribution >= 0.6 is 58.0 Å². The van der Waals surface area contributed by atoms with E-state index in [2.05, 4.69) is 29.9 Å². The largest absolute Gasteiger partial charge is 0.491 e. The molecule has 0 aliphatic rings. The number of rotatable bonds is 10. The highest BCUT2D eigenvalue weighted by Crippen LogP contribution is 2.40. The lowest BCUT2D eigenvalue weighted by Gasteiger charge is -2.17. The van der Waals surface area contributed by atoms with Crippen molar-refractivity contribution in [3.63, 3.8) is 0 Å². The van der Waals surface area contributed by atoms with Crippen molar-refractivity contribution < 1.29 is 54.5 Å². The molecule has 15 nitrogen and oxygen atoms in total. The molecule has 0 atom stereocenters. The van der Waals surface area contributed by atoms with Crippen LogP contribution in [0.2, 0.25) is 10.0 Å². The number of fused-ring (bicyclic) bond motifs is 1. The Morgan fingerprint density at radius 3 is 2.27 bits per heavy atom. The molecule has 0 aliphatic carbocycles. The second kappa shape index (κ2) is 15.8. The third kappa shape index (κ3) is 9.25. The van der Waals surface area contributed by atoms with Gasteiger partial charge >= 0.3 is 18.2 Å².